The number of hydrogen-bond donors (Lipinski definition) is 0. The lowest BCUT2D eigenvalue weighted by Gasteiger charge is -1.99. The number of halogens is 1. The normalized spacial score (nSPS) is 12.5. The highest BCUT2D eigenvalue weighted by molar-refractivity contribution is 9.09. The first kappa shape index (κ1) is 14.0. The van der Waals surface area contributed by atoms with Crippen LogP contribution in [0.2, 0.25) is 0 Å². The van der Waals surface area contributed by atoms with Gasteiger partial charge in [-0.1, -0.05) is 58.4 Å². The molecule has 0 amide bonds. The van der Waals surface area contributed by atoms with Crippen molar-refractivity contribution >= 4 is 15.9 Å². The number of aromatic nitrogens is 4. The maximum Gasteiger partial charge on any atom is 0.216 e. The maximum absolute atomic E-state index is 5.76. The van der Waals surface area contributed by atoms with Crippen LogP contribution < -0.4 is 0 Å². The van der Waals surface area contributed by atoms with Gasteiger partial charge in [-0.3, -0.25) is 0 Å². The molecule has 1 unspecified atom stereocenters. The molecule has 0 fully saturated rings. The molecule has 1 aromatic carbocycles. The number of oxazole rings is 1. The van der Waals surface area contributed by atoms with Crippen LogP contribution in [-0.4, -0.2) is 20.0 Å². The summed E-state index contributed by atoms with van der Waals surface area (Å²) in [5.74, 6) is 1.38. The summed E-state index contributed by atoms with van der Waals surface area (Å²) in [6.45, 7) is 2.57. The lowest BCUT2D eigenvalue weighted by Crippen LogP contribution is -2.00. The summed E-state index contributed by atoms with van der Waals surface area (Å²) in [4.78, 5) is 4.53. The quantitative estimate of drug-likeness (QED) is 0.659. The van der Waals surface area contributed by atoms with E-state index in [1.54, 1.807) is 10.9 Å². The van der Waals surface area contributed by atoms with Gasteiger partial charge in [0.15, 0.2) is 5.76 Å². The first-order valence-corrected chi connectivity index (χ1v) is 7.72. The molecule has 5 nitrogen and oxygen atoms in total. The average molecular weight is 347 g/mol. The van der Waals surface area contributed by atoms with E-state index < -0.39 is 0 Å². The van der Waals surface area contributed by atoms with Crippen LogP contribution in [0, 0.1) is 0 Å². The van der Waals surface area contributed by atoms with Crippen LogP contribution in [0.1, 0.15) is 29.8 Å². The van der Waals surface area contributed by atoms with Gasteiger partial charge in [-0.15, -0.1) is 5.10 Å². The van der Waals surface area contributed by atoms with E-state index in [1.165, 1.54) is 0 Å². The second-order valence-electron chi connectivity index (χ2n) is 4.70. The van der Waals surface area contributed by atoms with Crippen molar-refractivity contribution in [3.63, 3.8) is 0 Å². The summed E-state index contributed by atoms with van der Waals surface area (Å²) < 4.78 is 7.49. The Hall–Kier alpha value is -1.95. The molecule has 3 aromatic rings. The van der Waals surface area contributed by atoms with E-state index in [0.717, 1.165) is 23.4 Å². The largest absolute Gasteiger partial charge is 0.439 e. The molecule has 0 aliphatic carbocycles. The van der Waals surface area contributed by atoms with Crippen LogP contribution in [0.15, 0.2) is 47.1 Å². The van der Waals surface area contributed by atoms with E-state index in [9.17, 15) is 0 Å². The van der Waals surface area contributed by atoms with Crippen LogP contribution in [0.4, 0.5) is 0 Å². The fraction of sp³-hybridized carbons (Fsp3) is 0.267. The number of nitrogens with zero attached hydrogens (tertiary/aromatic N) is 4. The van der Waals surface area contributed by atoms with Gasteiger partial charge in [-0.25, -0.2) is 9.67 Å². The molecule has 0 N–H and O–H groups in total. The molecule has 0 bridgehead atoms. The van der Waals surface area contributed by atoms with Crippen LogP contribution in [0.3, 0.4) is 0 Å². The SMILES string of the molecule is CCC(Br)c1cn(Cc2ncc(-c3ccccc3)o2)nn1. The standard InChI is InChI=1S/C15H15BrN4O/c1-2-12(16)13-9-20(19-18-13)10-15-17-8-14(21-15)11-6-4-3-5-7-11/h3-9,12H,2,10H2,1H3. The molecule has 1 atom stereocenters. The van der Waals surface area contributed by atoms with E-state index >= 15 is 0 Å². The smallest absolute Gasteiger partial charge is 0.216 e. The molecular formula is C15H15BrN4O. The van der Waals surface area contributed by atoms with Gasteiger partial charge in [-0.2, -0.15) is 0 Å². The molecule has 0 aliphatic rings. The third kappa shape index (κ3) is 3.21. The maximum atomic E-state index is 5.76. The fourth-order valence-corrected chi connectivity index (χ4v) is 2.21. The molecule has 2 heterocycles. The van der Waals surface area contributed by atoms with Crippen LogP contribution in [-0.2, 0) is 6.54 Å². The number of rotatable bonds is 5. The first-order valence-electron chi connectivity index (χ1n) is 6.80. The van der Waals surface area contributed by atoms with Crippen molar-refractivity contribution in [1.82, 2.24) is 20.0 Å². The lowest BCUT2D eigenvalue weighted by molar-refractivity contribution is 0.469. The van der Waals surface area contributed by atoms with Gasteiger partial charge in [0.25, 0.3) is 0 Å². The number of alkyl halides is 1. The van der Waals surface area contributed by atoms with Crippen LogP contribution in [0.5, 0.6) is 0 Å². The lowest BCUT2D eigenvalue weighted by atomic mass is 10.2. The zero-order valence-electron chi connectivity index (χ0n) is 11.6. The van der Waals surface area contributed by atoms with Gasteiger partial charge < -0.3 is 4.42 Å². The summed E-state index contributed by atoms with van der Waals surface area (Å²) in [6, 6.07) is 9.91. The topological polar surface area (TPSA) is 56.7 Å². The van der Waals surface area contributed by atoms with E-state index in [0.29, 0.717) is 12.4 Å². The molecule has 3 rings (SSSR count). The monoisotopic (exact) mass is 346 g/mol. The summed E-state index contributed by atoms with van der Waals surface area (Å²) in [5.41, 5.74) is 1.94. The van der Waals surface area contributed by atoms with Gasteiger partial charge in [0.2, 0.25) is 5.89 Å². The van der Waals surface area contributed by atoms with E-state index in [-0.39, 0.29) is 4.83 Å². The molecule has 0 saturated heterocycles. The Morgan fingerprint density at radius 3 is 2.86 bits per heavy atom. The molecular weight excluding hydrogens is 332 g/mol. The molecule has 0 spiro atoms. The summed E-state index contributed by atoms with van der Waals surface area (Å²) in [5, 5.41) is 8.24. The van der Waals surface area contributed by atoms with Gasteiger partial charge in [-0.05, 0) is 6.42 Å². The second kappa shape index (κ2) is 6.22. The molecule has 0 saturated carbocycles. The van der Waals surface area contributed by atoms with Crippen molar-refractivity contribution in [3.05, 3.63) is 54.3 Å². The summed E-state index contributed by atoms with van der Waals surface area (Å²) in [6.07, 6.45) is 4.62. The molecule has 6 heteroatoms. The van der Waals surface area contributed by atoms with Gasteiger partial charge in [0.1, 0.15) is 6.54 Å². The van der Waals surface area contributed by atoms with Crippen molar-refractivity contribution in [1.29, 1.82) is 0 Å². The molecule has 21 heavy (non-hydrogen) atoms. The van der Waals surface area contributed by atoms with E-state index in [1.807, 2.05) is 36.5 Å². The average Bonchev–Trinajstić information content (AvgIpc) is 3.17. The Morgan fingerprint density at radius 1 is 1.29 bits per heavy atom. The van der Waals surface area contributed by atoms with Gasteiger partial charge >= 0.3 is 0 Å². The van der Waals surface area contributed by atoms with Gasteiger partial charge in [0.05, 0.1) is 22.9 Å². The third-order valence-corrected chi connectivity index (χ3v) is 4.26. The van der Waals surface area contributed by atoms with Crippen molar-refractivity contribution in [2.75, 3.05) is 0 Å². The minimum absolute atomic E-state index is 0.232. The Morgan fingerprint density at radius 2 is 2.10 bits per heavy atom. The minimum atomic E-state index is 0.232. The molecule has 108 valence electrons. The third-order valence-electron chi connectivity index (χ3n) is 3.14. The Balaban J connectivity index is 1.74. The Bertz CT molecular complexity index is 707. The predicted octanol–water partition coefficient (Wildman–Crippen LogP) is 3.83. The Labute approximate surface area is 131 Å². The number of benzene rings is 1. The van der Waals surface area contributed by atoms with Crippen LogP contribution in [0.25, 0.3) is 11.3 Å². The first-order chi connectivity index (χ1) is 10.3. The zero-order valence-corrected chi connectivity index (χ0v) is 13.2. The molecule has 0 radical (unpaired) electrons. The van der Waals surface area contributed by atoms with Crippen molar-refractivity contribution in [2.24, 2.45) is 0 Å². The minimum Gasteiger partial charge on any atom is -0.439 e. The second-order valence-corrected chi connectivity index (χ2v) is 5.81. The molecule has 0 aliphatic heterocycles. The van der Waals surface area contributed by atoms with E-state index in [4.69, 9.17) is 4.42 Å². The summed E-state index contributed by atoms with van der Waals surface area (Å²) >= 11 is 3.56. The molecule has 2 aromatic heterocycles. The zero-order chi connectivity index (χ0) is 14.7. The highest BCUT2D eigenvalue weighted by atomic mass is 79.9. The van der Waals surface area contributed by atoms with E-state index in [2.05, 4.69) is 38.1 Å². The predicted molar refractivity (Wildman–Crippen MR) is 83.0 cm³/mol. The fourth-order valence-electron chi connectivity index (χ4n) is 2.00. The van der Waals surface area contributed by atoms with Gasteiger partial charge in [0, 0.05) is 5.56 Å². The van der Waals surface area contributed by atoms with Crippen molar-refractivity contribution < 1.29 is 4.42 Å². The number of hydrogen-bond acceptors (Lipinski definition) is 4. The Kier molecular flexibility index (Phi) is 4.15. The van der Waals surface area contributed by atoms with Crippen LogP contribution >= 0.6 is 15.9 Å². The van der Waals surface area contributed by atoms with Crippen molar-refractivity contribution in [2.45, 2.75) is 24.7 Å². The highest BCUT2D eigenvalue weighted by Gasteiger charge is 2.11. The summed E-state index contributed by atoms with van der Waals surface area (Å²) in [7, 11) is 0. The highest BCUT2D eigenvalue weighted by Crippen LogP contribution is 2.24. The van der Waals surface area contributed by atoms with Crippen molar-refractivity contribution in [3.8, 4) is 11.3 Å².